The summed E-state index contributed by atoms with van der Waals surface area (Å²) >= 11 is 6.68. The molecule has 6 nitrogen and oxygen atoms in total. The zero-order valence-electron chi connectivity index (χ0n) is 25.2. The van der Waals surface area contributed by atoms with Crippen molar-refractivity contribution in [3.8, 4) is 22.6 Å². The minimum absolute atomic E-state index is 0.189. The van der Waals surface area contributed by atoms with Crippen molar-refractivity contribution in [1.29, 1.82) is 0 Å². The number of aromatic nitrogens is 2. The number of H-pyrrole nitrogens is 1. The molecule has 1 atom stereocenters. The zero-order chi connectivity index (χ0) is 29.4. The summed E-state index contributed by atoms with van der Waals surface area (Å²) in [7, 11) is 0. The van der Waals surface area contributed by atoms with Crippen molar-refractivity contribution in [1.82, 2.24) is 19.8 Å². The topological polar surface area (TPSA) is 53.6 Å². The standard InChI is InChI=1S/C36H41ClN4O2/c1-36(2)42-24-30(43-36)23-40-16-13-29(14-17-40)41-18-15-31-27(9-6-10-28(31)22-41)19-25-11-12-33(37)32(20-25)35-38-21-34(39-35)26-7-4-3-5-8-26/h3-12,20-21,29-30H,13-19,22-24H2,1-2H3,(H,38,39)/t30-/m0/s1. The van der Waals surface area contributed by atoms with Crippen molar-refractivity contribution < 1.29 is 9.47 Å². The summed E-state index contributed by atoms with van der Waals surface area (Å²) < 4.78 is 11.8. The smallest absolute Gasteiger partial charge is 0.163 e. The fraction of sp³-hybridized carbons (Fsp3) is 0.417. The Balaban J connectivity index is 0.998. The lowest BCUT2D eigenvalue weighted by molar-refractivity contribution is -0.140. The SMILES string of the molecule is CC1(C)OC[C@H](CN2CCC(N3CCc4c(Cc5ccc(Cl)c(-c6ncc(-c7ccccc7)[nH]6)c5)cccc4C3)CC2)O1. The van der Waals surface area contributed by atoms with Gasteiger partial charge in [-0.25, -0.2) is 4.98 Å². The Morgan fingerprint density at radius 2 is 1.84 bits per heavy atom. The summed E-state index contributed by atoms with van der Waals surface area (Å²) in [5.74, 6) is 0.362. The molecule has 1 aromatic heterocycles. The van der Waals surface area contributed by atoms with E-state index in [0.717, 1.165) is 68.2 Å². The van der Waals surface area contributed by atoms with Crippen LogP contribution in [-0.4, -0.2) is 70.5 Å². The molecule has 2 fully saturated rings. The predicted octanol–water partition coefficient (Wildman–Crippen LogP) is 6.96. The van der Waals surface area contributed by atoms with E-state index in [1.807, 2.05) is 44.3 Å². The first-order chi connectivity index (χ1) is 20.9. The van der Waals surface area contributed by atoms with Gasteiger partial charge in [0.15, 0.2) is 5.79 Å². The van der Waals surface area contributed by atoms with Crippen LogP contribution in [0.4, 0.5) is 0 Å². The maximum atomic E-state index is 6.68. The number of hydrogen-bond donors (Lipinski definition) is 1. The highest BCUT2D eigenvalue weighted by atomic mass is 35.5. The molecule has 4 aromatic rings. The summed E-state index contributed by atoms with van der Waals surface area (Å²) in [5, 5.41) is 0.711. The van der Waals surface area contributed by atoms with Crippen LogP contribution in [-0.2, 0) is 28.9 Å². The monoisotopic (exact) mass is 596 g/mol. The van der Waals surface area contributed by atoms with Crippen LogP contribution in [0.25, 0.3) is 22.6 Å². The van der Waals surface area contributed by atoms with Gasteiger partial charge in [0.2, 0.25) is 0 Å². The number of halogens is 1. The largest absolute Gasteiger partial charge is 0.348 e. The second kappa shape index (κ2) is 12.2. The third-order valence-corrected chi connectivity index (χ3v) is 9.67. The number of benzene rings is 3. The van der Waals surface area contributed by atoms with E-state index in [4.69, 9.17) is 21.1 Å². The van der Waals surface area contributed by atoms with Crippen LogP contribution in [0.2, 0.25) is 5.02 Å². The number of ether oxygens (including phenoxy) is 2. The minimum atomic E-state index is -0.440. The second-order valence-electron chi connectivity index (χ2n) is 12.8. The Hall–Kier alpha value is -3.00. The molecule has 7 heteroatoms. The van der Waals surface area contributed by atoms with Gasteiger partial charge >= 0.3 is 0 Å². The van der Waals surface area contributed by atoms with E-state index in [9.17, 15) is 0 Å². The lowest BCUT2D eigenvalue weighted by Crippen LogP contribution is -2.48. The van der Waals surface area contributed by atoms with Crippen molar-refractivity contribution in [2.75, 3.05) is 32.8 Å². The molecule has 4 heterocycles. The van der Waals surface area contributed by atoms with Gasteiger partial charge in [0.25, 0.3) is 0 Å². The van der Waals surface area contributed by atoms with E-state index in [2.05, 4.69) is 62.2 Å². The molecule has 2 saturated heterocycles. The van der Waals surface area contributed by atoms with E-state index in [-0.39, 0.29) is 6.10 Å². The van der Waals surface area contributed by atoms with E-state index in [1.165, 1.54) is 35.1 Å². The maximum absolute atomic E-state index is 6.68. The fourth-order valence-electron chi connectivity index (χ4n) is 7.10. The molecule has 0 amide bonds. The number of nitrogens with zero attached hydrogens (tertiary/aromatic N) is 3. The van der Waals surface area contributed by atoms with Gasteiger partial charge in [-0.2, -0.15) is 0 Å². The average Bonchev–Trinajstić information content (AvgIpc) is 3.65. The van der Waals surface area contributed by atoms with Crippen molar-refractivity contribution in [3.05, 3.63) is 100 Å². The second-order valence-corrected chi connectivity index (χ2v) is 13.2. The molecule has 3 aliphatic heterocycles. The maximum Gasteiger partial charge on any atom is 0.163 e. The molecule has 224 valence electrons. The first-order valence-electron chi connectivity index (χ1n) is 15.7. The van der Waals surface area contributed by atoms with Crippen LogP contribution in [0.1, 0.15) is 48.9 Å². The Bertz CT molecular complexity index is 1560. The molecule has 0 radical (unpaired) electrons. The zero-order valence-corrected chi connectivity index (χ0v) is 25.9. The molecule has 0 spiro atoms. The van der Waals surface area contributed by atoms with E-state index < -0.39 is 5.79 Å². The van der Waals surface area contributed by atoms with Gasteiger partial charge in [-0.15, -0.1) is 0 Å². The third-order valence-electron chi connectivity index (χ3n) is 9.34. The molecule has 0 saturated carbocycles. The van der Waals surface area contributed by atoms with E-state index >= 15 is 0 Å². The molecule has 3 aromatic carbocycles. The van der Waals surface area contributed by atoms with Crippen molar-refractivity contribution in [2.45, 2.75) is 64.0 Å². The van der Waals surface area contributed by atoms with Crippen molar-refractivity contribution in [3.63, 3.8) is 0 Å². The van der Waals surface area contributed by atoms with Gasteiger partial charge in [-0.3, -0.25) is 4.90 Å². The Labute approximate surface area is 260 Å². The van der Waals surface area contributed by atoms with E-state index in [1.54, 1.807) is 0 Å². The predicted molar refractivity (Wildman–Crippen MR) is 172 cm³/mol. The number of imidazole rings is 1. The highest BCUT2D eigenvalue weighted by Gasteiger charge is 2.35. The number of fused-ring (bicyclic) bond motifs is 1. The Kier molecular flexibility index (Phi) is 8.14. The van der Waals surface area contributed by atoms with E-state index in [0.29, 0.717) is 17.7 Å². The molecule has 0 aliphatic carbocycles. The van der Waals surface area contributed by atoms with Crippen LogP contribution in [0, 0.1) is 0 Å². The van der Waals surface area contributed by atoms with Gasteiger partial charge in [-0.05, 0) is 92.6 Å². The van der Waals surface area contributed by atoms with Crippen molar-refractivity contribution in [2.24, 2.45) is 0 Å². The third kappa shape index (κ3) is 6.45. The highest BCUT2D eigenvalue weighted by Crippen LogP contribution is 2.32. The normalized spacial score (nSPS) is 21.2. The number of likely N-dealkylation sites (tertiary alicyclic amines) is 1. The Morgan fingerprint density at radius 3 is 2.63 bits per heavy atom. The average molecular weight is 597 g/mol. The number of nitrogens with one attached hydrogen (secondary N) is 1. The summed E-state index contributed by atoms with van der Waals surface area (Å²) in [5.41, 5.74) is 8.73. The lowest BCUT2D eigenvalue weighted by Gasteiger charge is -2.41. The molecular weight excluding hydrogens is 556 g/mol. The molecule has 3 aliphatic rings. The molecule has 0 bridgehead atoms. The van der Waals surface area contributed by atoms with Crippen LogP contribution < -0.4 is 0 Å². The summed E-state index contributed by atoms with van der Waals surface area (Å²) in [6.45, 7) is 10.1. The molecular formula is C36H41ClN4O2. The first-order valence-corrected chi connectivity index (χ1v) is 16.0. The quantitative estimate of drug-likeness (QED) is 0.250. The number of hydrogen-bond acceptors (Lipinski definition) is 5. The van der Waals surface area contributed by atoms with Crippen LogP contribution >= 0.6 is 11.6 Å². The molecule has 1 N–H and O–H groups in total. The number of rotatable bonds is 7. The highest BCUT2D eigenvalue weighted by molar-refractivity contribution is 6.33. The van der Waals surface area contributed by atoms with Crippen molar-refractivity contribution >= 4 is 11.6 Å². The van der Waals surface area contributed by atoms with Crippen LogP contribution in [0.15, 0.2) is 72.9 Å². The van der Waals surface area contributed by atoms with Crippen LogP contribution in [0.5, 0.6) is 0 Å². The van der Waals surface area contributed by atoms with Gasteiger partial charge in [0, 0.05) is 31.2 Å². The summed E-state index contributed by atoms with van der Waals surface area (Å²) in [4.78, 5) is 13.4. The number of aromatic amines is 1. The molecule has 43 heavy (non-hydrogen) atoms. The fourth-order valence-corrected chi connectivity index (χ4v) is 7.31. The Morgan fingerprint density at radius 1 is 1.00 bits per heavy atom. The van der Waals surface area contributed by atoms with Gasteiger partial charge in [-0.1, -0.05) is 66.2 Å². The summed E-state index contributed by atoms with van der Waals surface area (Å²) in [6, 6.07) is 24.1. The van der Waals surface area contributed by atoms with Gasteiger partial charge in [0.05, 0.1) is 29.6 Å². The van der Waals surface area contributed by atoms with Gasteiger partial charge in [0.1, 0.15) is 5.82 Å². The van der Waals surface area contributed by atoms with Gasteiger partial charge < -0.3 is 19.4 Å². The number of piperidine rings is 1. The molecule has 0 unspecified atom stereocenters. The first kappa shape index (κ1) is 28.8. The minimum Gasteiger partial charge on any atom is -0.348 e. The molecule has 7 rings (SSSR count). The lowest BCUT2D eigenvalue weighted by atomic mass is 9.89. The summed E-state index contributed by atoms with van der Waals surface area (Å²) in [6.07, 6.45) is 6.51. The van der Waals surface area contributed by atoms with Crippen LogP contribution in [0.3, 0.4) is 0 Å².